The lowest BCUT2D eigenvalue weighted by atomic mass is 9.95. The molecular weight excluding hydrogens is 454 g/mol. The van der Waals surface area contributed by atoms with Gasteiger partial charge in [-0.05, 0) is 36.6 Å². The number of aryl methyl sites for hydroxylation is 1. The van der Waals surface area contributed by atoms with Gasteiger partial charge in [-0.25, -0.2) is 0 Å². The number of halogens is 1. The van der Waals surface area contributed by atoms with Gasteiger partial charge in [-0.3, -0.25) is 9.59 Å². The highest BCUT2D eigenvalue weighted by Gasteiger charge is 2.45. The second-order valence-electron chi connectivity index (χ2n) is 7.65. The minimum Gasteiger partial charge on any atom is -0.507 e. The first-order chi connectivity index (χ1) is 15.0. The van der Waals surface area contributed by atoms with Crippen molar-refractivity contribution in [3.8, 4) is 0 Å². The van der Waals surface area contributed by atoms with Crippen molar-refractivity contribution in [1.82, 2.24) is 4.90 Å². The van der Waals surface area contributed by atoms with Gasteiger partial charge in [0.15, 0.2) is 0 Å². The maximum absolute atomic E-state index is 13.0. The predicted molar refractivity (Wildman–Crippen MR) is 124 cm³/mol. The van der Waals surface area contributed by atoms with Gasteiger partial charge < -0.3 is 10.0 Å². The molecule has 0 unspecified atom stereocenters. The van der Waals surface area contributed by atoms with Crippen molar-refractivity contribution >= 4 is 33.4 Å². The van der Waals surface area contributed by atoms with Gasteiger partial charge in [0.2, 0.25) is 0 Å². The van der Waals surface area contributed by atoms with Gasteiger partial charge in [-0.1, -0.05) is 88.2 Å². The second kappa shape index (κ2) is 8.90. The van der Waals surface area contributed by atoms with Gasteiger partial charge in [-0.2, -0.15) is 0 Å². The predicted octanol–water partition coefficient (Wildman–Crippen LogP) is 5.42. The fourth-order valence-electron chi connectivity index (χ4n) is 3.86. The van der Waals surface area contributed by atoms with Crippen molar-refractivity contribution in [3.63, 3.8) is 0 Å². The molecule has 1 amide bonds. The second-order valence-corrected chi connectivity index (χ2v) is 8.56. The van der Waals surface area contributed by atoms with E-state index in [9.17, 15) is 14.7 Å². The van der Waals surface area contributed by atoms with E-state index in [4.69, 9.17) is 0 Å². The quantitative estimate of drug-likeness (QED) is 0.304. The SMILES string of the molecule is Cc1ccc(C(O)=C2C(=O)C(=O)N(CCc3ccccc3)[C@H]2c2ccc(Br)cc2)cc1. The summed E-state index contributed by atoms with van der Waals surface area (Å²) in [7, 11) is 0. The molecule has 31 heavy (non-hydrogen) atoms. The molecule has 1 aliphatic rings. The van der Waals surface area contributed by atoms with E-state index in [-0.39, 0.29) is 11.3 Å². The third-order valence-electron chi connectivity index (χ3n) is 5.53. The van der Waals surface area contributed by atoms with Crippen LogP contribution in [0.4, 0.5) is 0 Å². The van der Waals surface area contributed by atoms with Crippen molar-refractivity contribution < 1.29 is 14.7 Å². The molecule has 5 heteroatoms. The van der Waals surface area contributed by atoms with Crippen molar-refractivity contribution in [3.05, 3.63) is 111 Å². The van der Waals surface area contributed by atoms with E-state index < -0.39 is 17.7 Å². The van der Waals surface area contributed by atoms with Crippen LogP contribution >= 0.6 is 15.9 Å². The molecule has 0 aromatic heterocycles. The zero-order chi connectivity index (χ0) is 22.0. The molecule has 1 atom stereocenters. The average Bonchev–Trinajstić information content (AvgIpc) is 3.04. The number of benzene rings is 3. The molecule has 1 fully saturated rings. The number of amides is 1. The van der Waals surface area contributed by atoms with Crippen LogP contribution in [0.5, 0.6) is 0 Å². The van der Waals surface area contributed by atoms with Gasteiger partial charge >= 0.3 is 0 Å². The highest BCUT2D eigenvalue weighted by molar-refractivity contribution is 9.10. The summed E-state index contributed by atoms with van der Waals surface area (Å²) in [5, 5.41) is 11.1. The molecule has 1 saturated heterocycles. The van der Waals surface area contributed by atoms with E-state index in [0.717, 1.165) is 21.2 Å². The number of nitrogens with zero attached hydrogens (tertiary/aromatic N) is 1. The fraction of sp³-hybridized carbons (Fsp3) is 0.154. The number of Topliss-reactive ketones (excluding diaryl/α,β-unsaturated/α-hetero) is 1. The third kappa shape index (κ3) is 4.32. The topological polar surface area (TPSA) is 57.6 Å². The van der Waals surface area contributed by atoms with Gasteiger partial charge in [0.05, 0.1) is 11.6 Å². The highest BCUT2D eigenvalue weighted by Crippen LogP contribution is 2.39. The lowest BCUT2D eigenvalue weighted by molar-refractivity contribution is -0.139. The van der Waals surface area contributed by atoms with Gasteiger partial charge in [0.1, 0.15) is 5.76 Å². The normalized spacial score (nSPS) is 17.9. The van der Waals surface area contributed by atoms with E-state index >= 15 is 0 Å². The summed E-state index contributed by atoms with van der Waals surface area (Å²) in [6.45, 7) is 2.33. The van der Waals surface area contributed by atoms with Gasteiger partial charge in [0, 0.05) is 16.6 Å². The first kappa shape index (κ1) is 21.1. The summed E-state index contributed by atoms with van der Waals surface area (Å²) in [5.41, 5.74) is 3.56. The van der Waals surface area contributed by atoms with E-state index in [2.05, 4.69) is 15.9 Å². The number of hydrogen-bond donors (Lipinski definition) is 1. The molecule has 0 bridgehead atoms. The molecule has 4 rings (SSSR count). The number of hydrogen-bond acceptors (Lipinski definition) is 3. The summed E-state index contributed by atoms with van der Waals surface area (Å²) in [4.78, 5) is 27.6. The van der Waals surface area contributed by atoms with Crippen LogP contribution in [0.3, 0.4) is 0 Å². The summed E-state index contributed by atoms with van der Waals surface area (Å²) >= 11 is 3.43. The van der Waals surface area contributed by atoms with Crippen molar-refractivity contribution in [2.75, 3.05) is 6.54 Å². The lowest BCUT2D eigenvalue weighted by Gasteiger charge is -2.25. The van der Waals surface area contributed by atoms with Crippen LogP contribution in [0, 0.1) is 6.92 Å². The molecule has 4 nitrogen and oxygen atoms in total. The summed E-state index contributed by atoms with van der Waals surface area (Å²) in [6.07, 6.45) is 0.617. The van der Waals surface area contributed by atoms with Crippen LogP contribution in [-0.2, 0) is 16.0 Å². The Bertz CT molecular complexity index is 1140. The highest BCUT2D eigenvalue weighted by atomic mass is 79.9. The monoisotopic (exact) mass is 475 g/mol. The number of aliphatic hydroxyl groups excluding tert-OH is 1. The molecule has 0 radical (unpaired) electrons. The molecule has 1 aliphatic heterocycles. The maximum atomic E-state index is 13.0. The van der Waals surface area contributed by atoms with E-state index in [1.54, 1.807) is 17.0 Å². The van der Waals surface area contributed by atoms with E-state index in [0.29, 0.717) is 18.5 Å². The number of ketones is 1. The van der Waals surface area contributed by atoms with Crippen LogP contribution in [0.2, 0.25) is 0 Å². The van der Waals surface area contributed by atoms with E-state index in [1.807, 2.05) is 73.7 Å². The Hall–Kier alpha value is -3.18. The number of rotatable bonds is 5. The van der Waals surface area contributed by atoms with Crippen LogP contribution in [-0.4, -0.2) is 28.2 Å². The average molecular weight is 476 g/mol. The standard InChI is InChI=1S/C26H22BrNO3/c1-17-7-9-20(10-8-17)24(29)22-23(19-11-13-21(27)14-12-19)28(26(31)25(22)30)16-15-18-5-3-2-4-6-18/h2-14,23,29H,15-16H2,1H3/t23-/m0/s1. The number of carbonyl (C=O) groups excluding carboxylic acids is 2. The van der Waals surface area contributed by atoms with E-state index in [1.165, 1.54) is 0 Å². The van der Waals surface area contributed by atoms with Crippen LogP contribution < -0.4 is 0 Å². The number of aliphatic hydroxyl groups is 1. The van der Waals surface area contributed by atoms with Crippen LogP contribution in [0.15, 0.2) is 88.9 Å². The molecule has 3 aromatic rings. The Balaban J connectivity index is 1.78. The van der Waals surface area contributed by atoms with Crippen molar-refractivity contribution in [2.24, 2.45) is 0 Å². The molecule has 0 saturated carbocycles. The molecular formula is C26H22BrNO3. The molecule has 156 valence electrons. The largest absolute Gasteiger partial charge is 0.507 e. The number of carbonyl (C=O) groups is 2. The molecule has 0 spiro atoms. The summed E-state index contributed by atoms with van der Waals surface area (Å²) in [6, 6.07) is 24.0. The van der Waals surface area contributed by atoms with Crippen molar-refractivity contribution in [1.29, 1.82) is 0 Å². The minimum absolute atomic E-state index is 0.129. The minimum atomic E-state index is -0.654. The molecule has 1 heterocycles. The summed E-state index contributed by atoms with van der Waals surface area (Å²) in [5.74, 6) is -1.38. The Morgan fingerprint density at radius 1 is 0.935 bits per heavy atom. The lowest BCUT2D eigenvalue weighted by Crippen LogP contribution is -2.31. The zero-order valence-electron chi connectivity index (χ0n) is 17.1. The van der Waals surface area contributed by atoms with Gasteiger partial charge in [0.25, 0.3) is 11.7 Å². The fourth-order valence-corrected chi connectivity index (χ4v) is 4.13. The Morgan fingerprint density at radius 2 is 1.58 bits per heavy atom. The Labute approximate surface area is 190 Å². The molecule has 3 aromatic carbocycles. The number of likely N-dealkylation sites (tertiary alicyclic amines) is 1. The summed E-state index contributed by atoms with van der Waals surface area (Å²) < 4.78 is 0.899. The van der Waals surface area contributed by atoms with Crippen LogP contribution in [0.25, 0.3) is 5.76 Å². The third-order valence-corrected chi connectivity index (χ3v) is 6.06. The Morgan fingerprint density at radius 3 is 2.23 bits per heavy atom. The zero-order valence-corrected chi connectivity index (χ0v) is 18.7. The smallest absolute Gasteiger partial charge is 0.295 e. The maximum Gasteiger partial charge on any atom is 0.295 e. The van der Waals surface area contributed by atoms with Gasteiger partial charge in [-0.15, -0.1) is 0 Å². The van der Waals surface area contributed by atoms with Crippen molar-refractivity contribution in [2.45, 2.75) is 19.4 Å². The first-order valence-corrected chi connectivity index (χ1v) is 10.9. The van der Waals surface area contributed by atoms with Crippen LogP contribution in [0.1, 0.15) is 28.3 Å². The Kier molecular flexibility index (Phi) is 6.05. The molecule has 0 aliphatic carbocycles. The molecule has 1 N–H and O–H groups in total. The first-order valence-electron chi connectivity index (χ1n) is 10.1.